The second kappa shape index (κ2) is 8.08. The molecule has 1 amide bonds. The molecule has 0 N–H and O–H groups in total. The minimum atomic E-state index is -0.594. The maximum atomic E-state index is 13.0. The lowest BCUT2D eigenvalue weighted by Gasteiger charge is -2.37. The third-order valence-corrected chi connectivity index (χ3v) is 4.50. The Bertz CT molecular complexity index is 743. The van der Waals surface area contributed by atoms with Gasteiger partial charge in [0.25, 0.3) is 5.91 Å². The molecule has 6 heteroatoms. The molecule has 2 aromatic rings. The van der Waals surface area contributed by atoms with Crippen LogP contribution in [-0.2, 0) is 4.79 Å². The van der Waals surface area contributed by atoms with Crippen molar-refractivity contribution >= 4 is 11.6 Å². The molecule has 0 bridgehead atoms. The molecule has 1 aliphatic heterocycles. The number of hydrogen-bond acceptors (Lipinski definition) is 4. The highest BCUT2D eigenvalue weighted by atomic mass is 19.1. The summed E-state index contributed by atoms with van der Waals surface area (Å²) in [7, 11) is 1.57. The maximum absolute atomic E-state index is 13.0. The number of benzene rings is 2. The van der Waals surface area contributed by atoms with Crippen LogP contribution in [0.25, 0.3) is 0 Å². The van der Waals surface area contributed by atoms with Gasteiger partial charge in [0.05, 0.1) is 7.11 Å². The number of anilines is 1. The predicted octanol–water partition coefficient (Wildman–Crippen LogP) is 2.95. The van der Waals surface area contributed by atoms with Gasteiger partial charge in [-0.3, -0.25) is 4.79 Å². The molecule has 2 aromatic carbocycles. The van der Waals surface area contributed by atoms with E-state index >= 15 is 0 Å². The average molecular weight is 358 g/mol. The average Bonchev–Trinajstić information content (AvgIpc) is 2.68. The van der Waals surface area contributed by atoms with Gasteiger partial charge >= 0.3 is 0 Å². The summed E-state index contributed by atoms with van der Waals surface area (Å²) in [5, 5.41) is 0. The Morgan fingerprint density at radius 2 is 1.62 bits per heavy atom. The molecule has 26 heavy (non-hydrogen) atoms. The quantitative estimate of drug-likeness (QED) is 0.824. The predicted molar refractivity (Wildman–Crippen MR) is 98.3 cm³/mol. The van der Waals surface area contributed by atoms with E-state index in [2.05, 4.69) is 4.90 Å². The Morgan fingerprint density at radius 3 is 2.23 bits per heavy atom. The van der Waals surface area contributed by atoms with Crippen molar-refractivity contribution in [2.24, 2.45) is 0 Å². The summed E-state index contributed by atoms with van der Waals surface area (Å²) >= 11 is 0. The van der Waals surface area contributed by atoms with Gasteiger partial charge in [0.15, 0.2) is 17.6 Å². The van der Waals surface area contributed by atoms with E-state index in [1.165, 1.54) is 12.1 Å². The van der Waals surface area contributed by atoms with Crippen LogP contribution in [-0.4, -0.2) is 50.2 Å². The smallest absolute Gasteiger partial charge is 0.263 e. The van der Waals surface area contributed by atoms with Crippen molar-refractivity contribution < 1.29 is 18.7 Å². The molecule has 0 aromatic heterocycles. The van der Waals surface area contributed by atoms with E-state index in [-0.39, 0.29) is 11.7 Å². The fourth-order valence-electron chi connectivity index (χ4n) is 3.05. The molecule has 1 atom stereocenters. The van der Waals surface area contributed by atoms with Gasteiger partial charge < -0.3 is 19.3 Å². The van der Waals surface area contributed by atoms with Gasteiger partial charge in [0, 0.05) is 31.9 Å². The van der Waals surface area contributed by atoms with Crippen LogP contribution in [0, 0.1) is 5.82 Å². The number of nitrogens with zero attached hydrogens (tertiary/aromatic N) is 2. The van der Waals surface area contributed by atoms with Crippen LogP contribution in [0.1, 0.15) is 6.92 Å². The van der Waals surface area contributed by atoms with Gasteiger partial charge in [-0.05, 0) is 43.3 Å². The zero-order chi connectivity index (χ0) is 18.5. The number of halogens is 1. The largest absolute Gasteiger partial charge is 0.493 e. The number of hydrogen-bond donors (Lipinski definition) is 0. The summed E-state index contributed by atoms with van der Waals surface area (Å²) in [6.45, 7) is 4.38. The molecule has 1 unspecified atom stereocenters. The Kier molecular flexibility index (Phi) is 5.61. The third-order valence-electron chi connectivity index (χ3n) is 4.50. The van der Waals surface area contributed by atoms with E-state index in [0.717, 1.165) is 5.69 Å². The summed E-state index contributed by atoms with van der Waals surface area (Å²) in [4.78, 5) is 16.6. The van der Waals surface area contributed by atoms with E-state index in [1.54, 1.807) is 43.2 Å². The Morgan fingerprint density at radius 1 is 1.00 bits per heavy atom. The summed E-state index contributed by atoms with van der Waals surface area (Å²) in [6, 6.07) is 13.7. The van der Waals surface area contributed by atoms with Crippen LogP contribution in [0.4, 0.5) is 10.1 Å². The second-order valence-electron chi connectivity index (χ2n) is 6.20. The first kappa shape index (κ1) is 18.0. The first-order valence-electron chi connectivity index (χ1n) is 8.67. The number of piperazine rings is 1. The van der Waals surface area contributed by atoms with Gasteiger partial charge in [0.2, 0.25) is 0 Å². The van der Waals surface area contributed by atoms with Crippen molar-refractivity contribution in [1.82, 2.24) is 4.90 Å². The first-order valence-corrected chi connectivity index (χ1v) is 8.67. The van der Waals surface area contributed by atoms with Crippen LogP contribution >= 0.6 is 0 Å². The Labute approximate surface area is 152 Å². The molecule has 1 fully saturated rings. The molecule has 0 radical (unpaired) electrons. The Hall–Kier alpha value is -2.76. The van der Waals surface area contributed by atoms with Crippen molar-refractivity contribution in [3.05, 3.63) is 54.3 Å². The SMILES string of the molecule is COc1ccccc1OC(C)C(=O)N1CCN(c2ccc(F)cc2)CC1. The zero-order valence-corrected chi connectivity index (χ0v) is 15.0. The molecule has 5 nitrogen and oxygen atoms in total. The molecule has 0 spiro atoms. The van der Waals surface area contributed by atoms with Crippen molar-refractivity contribution in [3.63, 3.8) is 0 Å². The highest BCUT2D eigenvalue weighted by molar-refractivity contribution is 5.81. The van der Waals surface area contributed by atoms with E-state index in [4.69, 9.17) is 9.47 Å². The lowest BCUT2D eigenvalue weighted by Crippen LogP contribution is -2.52. The highest BCUT2D eigenvalue weighted by Gasteiger charge is 2.26. The molecule has 0 aliphatic carbocycles. The zero-order valence-electron chi connectivity index (χ0n) is 15.0. The maximum Gasteiger partial charge on any atom is 0.263 e. The van der Waals surface area contributed by atoms with Gasteiger partial charge in [-0.2, -0.15) is 0 Å². The lowest BCUT2D eigenvalue weighted by atomic mass is 10.2. The number of carbonyl (C=O) groups excluding carboxylic acids is 1. The molecule has 3 rings (SSSR count). The molecule has 1 saturated heterocycles. The van der Waals surface area contributed by atoms with Gasteiger partial charge in [-0.15, -0.1) is 0 Å². The second-order valence-corrected chi connectivity index (χ2v) is 6.20. The normalized spacial score (nSPS) is 15.5. The number of methoxy groups -OCH3 is 1. The molecule has 0 saturated carbocycles. The van der Waals surface area contributed by atoms with E-state index < -0.39 is 6.10 Å². The third kappa shape index (κ3) is 4.07. The van der Waals surface area contributed by atoms with Crippen molar-refractivity contribution in [1.29, 1.82) is 0 Å². The fourth-order valence-corrected chi connectivity index (χ4v) is 3.05. The number of rotatable bonds is 5. The first-order chi connectivity index (χ1) is 12.6. The van der Waals surface area contributed by atoms with Gasteiger partial charge in [0.1, 0.15) is 5.82 Å². The molecule has 138 valence electrons. The number of para-hydroxylation sites is 2. The fraction of sp³-hybridized carbons (Fsp3) is 0.350. The summed E-state index contributed by atoms with van der Waals surface area (Å²) in [5.74, 6) is 0.869. The van der Waals surface area contributed by atoms with Crippen molar-refractivity contribution in [2.45, 2.75) is 13.0 Å². The van der Waals surface area contributed by atoms with Gasteiger partial charge in [-0.1, -0.05) is 12.1 Å². The van der Waals surface area contributed by atoms with Crippen LogP contribution < -0.4 is 14.4 Å². The van der Waals surface area contributed by atoms with Crippen molar-refractivity contribution in [2.75, 3.05) is 38.2 Å². The molecule has 1 aliphatic rings. The standard InChI is InChI=1S/C20H23FN2O3/c1-15(26-19-6-4-3-5-18(19)25-2)20(24)23-13-11-22(12-14-23)17-9-7-16(21)8-10-17/h3-10,15H,11-14H2,1-2H3. The summed E-state index contributed by atoms with van der Waals surface area (Å²) < 4.78 is 24.1. The monoisotopic (exact) mass is 358 g/mol. The van der Waals surface area contributed by atoms with E-state index in [1.807, 2.05) is 12.1 Å². The minimum Gasteiger partial charge on any atom is -0.493 e. The number of carbonyl (C=O) groups is 1. The highest BCUT2D eigenvalue weighted by Crippen LogP contribution is 2.27. The van der Waals surface area contributed by atoms with Crippen LogP contribution in [0.15, 0.2) is 48.5 Å². The van der Waals surface area contributed by atoms with E-state index in [9.17, 15) is 9.18 Å². The van der Waals surface area contributed by atoms with Crippen molar-refractivity contribution in [3.8, 4) is 11.5 Å². The topological polar surface area (TPSA) is 42.0 Å². The van der Waals surface area contributed by atoms with Crippen LogP contribution in [0.2, 0.25) is 0 Å². The summed E-state index contributed by atoms with van der Waals surface area (Å²) in [6.07, 6.45) is -0.594. The summed E-state index contributed by atoms with van der Waals surface area (Å²) in [5.41, 5.74) is 0.969. The molecule has 1 heterocycles. The van der Waals surface area contributed by atoms with Crippen LogP contribution in [0.3, 0.4) is 0 Å². The Balaban J connectivity index is 1.56. The molecular formula is C20H23FN2O3. The lowest BCUT2D eigenvalue weighted by molar-refractivity contribution is -0.138. The van der Waals surface area contributed by atoms with E-state index in [0.29, 0.717) is 37.7 Å². The number of amides is 1. The van der Waals surface area contributed by atoms with Crippen LogP contribution in [0.5, 0.6) is 11.5 Å². The molecular weight excluding hydrogens is 335 g/mol. The minimum absolute atomic E-state index is 0.0466. The number of ether oxygens (including phenoxy) is 2. The van der Waals surface area contributed by atoms with Gasteiger partial charge in [-0.25, -0.2) is 4.39 Å².